The maximum atomic E-state index is 13.0. The average molecular weight is 478 g/mol. The van der Waals surface area contributed by atoms with Gasteiger partial charge in [-0.3, -0.25) is 9.59 Å². The third-order valence-corrected chi connectivity index (χ3v) is 5.83. The molecule has 1 fully saturated rings. The highest BCUT2D eigenvalue weighted by Crippen LogP contribution is 2.25. The van der Waals surface area contributed by atoms with E-state index in [0.717, 1.165) is 29.3 Å². The fourth-order valence-electron chi connectivity index (χ4n) is 3.63. The highest BCUT2D eigenvalue weighted by Gasteiger charge is 2.23. The summed E-state index contributed by atoms with van der Waals surface area (Å²) < 4.78 is 24.3. The Labute approximate surface area is 184 Å². The van der Waals surface area contributed by atoms with Crippen LogP contribution in [0.25, 0.3) is 0 Å². The van der Waals surface area contributed by atoms with E-state index in [9.17, 15) is 14.0 Å². The van der Waals surface area contributed by atoms with E-state index < -0.39 is 0 Å². The molecule has 30 heavy (non-hydrogen) atoms. The van der Waals surface area contributed by atoms with Crippen LogP contribution in [0.4, 0.5) is 4.39 Å². The minimum Gasteiger partial charge on any atom is -0.483 e. The summed E-state index contributed by atoms with van der Waals surface area (Å²) in [6.45, 7) is 1.30. The van der Waals surface area contributed by atoms with Crippen LogP contribution in [0.15, 0.2) is 46.9 Å². The van der Waals surface area contributed by atoms with E-state index in [4.69, 9.17) is 9.47 Å². The van der Waals surface area contributed by atoms with Gasteiger partial charge in [0.15, 0.2) is 6.61 Å². The molecular weight excluding hydrogens is 453 g/mol. The molecule has 160 valence electrons. The molecule has 0 unspecified atom stereocenters. The predicted octanol–water partition coefficient (Wildman–Crippen LogP) is 4.16. The van der Waals surface area contributed by atoms with E-state index in [2.05, 4.69) is 15.9 Å². The van der Waals surface area contributed by atoms with Gasteiger partial charge in [0, 0.05) is 23.1 Å². The summed E-state index contributed by atoms with van der Waals surface area (Å²) in [5.74, 6) is 0.330. The molecule has 1 amide bonds. The van der Waals surface area contributed by atoms with Crippen LogP contribution in [0.5, 0.6) is 5.75 Å². The molecule has 1 saturated heterocycles. The standard InChI is InChI=1S/C23H25BrFNO4/c1-29-23(28)14-18-13-19(24)4-7-21(18)30-15-22(27)26-10-8-17(9-11-26)12-16-2-5-20(25)6-3-16/h2-7,13,17H,8-12,14-15H2,1H3. The lowest BCUT2D eigenvalue weighted by molar-refractivity contribution is -0.139. The molecule has 0 N–H and O–H groups in total. The highest BCUT2D eigenvalue weighted by molar-refractivity contribution is 9.10. The fourth-order valence-corrected chi connectivity index (χ4v) is 4.03. The van der Waals surface area contributed by atoms with Crippen molar-refractivity contribution in [3.8, 4) is 5.75 Å². The first-order valence-corrected chi connectivity index (χ1v) is 10.7. The molecule has 2 aromatic rings. The number of ether oxygens (including phenoxy) is 2. The Kier molecular flexibility index (Phi) is 7.85. The summed E-state index contributed by atoms with van der Waals surface area (Å²) in [6, 6.07) is 12.0. The maximum Gasteiger partial charge on any atom is 0.310 e. The van der Waals surface area contributed by atoms with Crippen LogP contribution in [0.3, 0.4) is 0 Å². The molecule has 7 heteroatoms. The zero-order chi connectivity index (χ0) is 21.5. The Morgan fingerprint density at radius 1 is 1.13 bits per heavy atom. The average Bonchev–Trinajstić information content (AvgIpc) is 2.75. The van der Waals surface area contributed by atoms with Crippen LogP contribution in [-0.4, -0.2) is 43.6 Å². The van der Waals surface area contributed by atoms with Crippen molar-refractivity contribution in [2.45, 2.75) is 25.7 Å². The number of methoxy groups -OCH3 is 1. The van der Waals surface area contributed by atoms with Crippen molar-refractivity contribution in [3.63, 3.8) is 0 Å². The van der Waals surface area contributed by atoms with Crippen LogP contribution >= 0.6 is 15.9 Å². The van der Waals surface area contributed by atoms with Crippen molar-refractivity contribution in [3.05, 3.63) is 63.9 Å². The third kappa shape index (κ3) is 6.29. The van der Waals surface area contributed by atoms with Gasteiger partial charge in [-0.1, -0.05) is 28.1 Å². The molecule has 1 aliphatic rings. The number of carbonyl (C=O) groups excluding carboxylic acids is 2. The lowest BCUT2D eigenvalue weighted by Crippen LogP contribution is -2.41. The van der Waals surface area contributed by atoms with Crippen molar-refractivity contribution >= 4 is 27.8 Å². The smallest absolute Gasteiger partial charge is 0.310 e. The first kappa shape index (κ1) is 22.3. The maximum absolute atomic E-state index is 13.0. The molecule has 0 bridgehead atoms. The second-order valence-electron chi connectivity index (χ2n) is 7.45. The number of nitrogens with zero attached hydrogens (tertiary/aromatic N) is 1. The van der Waals surface area contributed by atoms with Gasteiger partial charge >= 0.3 is 5.97 Å². The van der Waals surface area contributed by atoms with Crippen LogP contribution in [-0.2, 0) is 27.2 Å². The van der Waals surface area contributed by atoms with Gasteiger partial charge < -0.3 is 14.4 Å². The Morgan fingerprint density at radius 3 is 2.50 bits per heavy atom. The third-order valence-electron chi connectivity index (χ3n) is 5.34. The molecule has 1 heterocycles. The highest BCUT2D eigenvalue weighted by atomic mass is 79.9. The van der Waals surface area contributed by atoms with E-state index in [1.807, 2.05) is 23.1 Å². The van der Waals surface area contributed by atoms with Gasteiger partial charge in [-0.05, 0) is 61.1 Å². The molecule has 0 atom stereocenters. The molecule has 5 nitrogen and oxygen atoms in total. The summed E-state index contributed by atoms with van der Waals surface area (Å²) in [5, 5.41) is 0. The Hall–Kier alpha value is -2.41. The zero-order valence-electron chi connectivity index (χ0n) is 16.9. The Balaban J connectivity index is 1.49. The number of hydrogen-bond acceptors (Lipinski definition) is 4. The van der Waals surface area contributed by atoms with Gasteiger partial charge in [-0.2, -0.15) is 0 Å². The number of amides is 1. The van der Waals surface area contributed by atoms with Crippen LogP contribution < -0.4 is 4.74 Å². The SMILES string of the molecule is COC(=O)Cc1cc(Br)ccc1OCC(=O)N1CCC(Cc2ccc(F)cc2)CC1. The van der Waals surface area contributed by atoms with Crippen molar-refractivity contribution < 1.29 is 23.5 Å². The van der Waals surface area contributed by atoms with E-state index in [0.29, 0.717) is 30.3 Å². The minimum absolute atomic E-state index is 0.0674. The molecule has 2 aromatic carbocycles. The van der Waals surface area contributed by atoms with E-state index in [1.54, 1.807) is 12.1 Å². The molecule has 0 radical (unpaired) electrons. The second kappa shape index (κ2) is 10.6. The van der Waals surface area contributed by atoms with Crippen molar-refractivity contribution in [1.29, 1.82) is 0 Å². The fraction of sp³-hybridized carbons (Fsp3) is 0.391. The number of carbonyl (C=O) groups is 2. The van der Waals surface area contributed by atoms with Crippen LogP contribution in [0.1, 0.15) is 24.0 Å². The monoisotopic (exact) mass is 477 g/mol. The second-order valence-corrected chi connectivity index (χ2v) is 8.36. The summed E-state index contributed by atoms with van der Waals surface area (Å²) in [5.41, 5.74) is 1.79. The largest absolute Gasteiger partial charge is 0.483 e. The van der Waals surface area contributed by atoms with E-state index in [1.165, 1.54) is 19.2 Å². The van der Waals surface area contributed by atoms with E-state index in [-0.39, 0.29) is 30.7 Å². The molecule has 0 saturated carbocycles. The number of halogens is 2. The number of hydrogen-bond donors (Lipinski definition) is 0. The molecule has 0 aromatic heterocycles. The van der Waals surface area contributed by atoms with Gasteiger partial charge in [0.05, 0.1) is 13.5 Å². The number of rotatable bonds is 7. The Bertz CT molecular complexity index is 879. The van der Waals surface area contributed by atoms with Crippen LogP contribution in [0, 0.1) is 11.7 Å². The summed E-state index contributed by atoms with van der Waals surface area (Å²) in [7, 11) is 1.34. The zero-order valence-corrected chi connectivity index (χ0v) is 18.5. The molecule has 0 aliphatic carbocycles. The lowest BCUT2D eigenvalue weighted by Gasteiger charge is -2.32. The lowest BCUT2D eigenvalue weighted by atomic mass is 9.90. The first-order valence-electron chi connectivity index (χ1n) is 9.95. The molecule has 3 rings (SSSR count). The number of piperidine rings is 1. The van der Waals surface area contributed by atoms with Gasteiger partial charge in [0.2, 0.25) is 0 Å². The number of esters is 1. The van der Waals surface area contributed by atoms with Gasteiger partial charge in [0.25, 0.3) is 5.91 Å². The minimum atomic E-state index is -0.368. The Morgan fingerprint density at radius 2 is 1.83 bits per heavy atom. The van der Waals surface area contributed by atoms with Gasteiger partial charge in [-0.15, -0.1) is 0 Å². The van der Waals surface area contributed by atoms with Crippen molar-refractivity contribution in [2.75, 3.05) is 26.8 Å². The van der Waals surface area contributed by atoms with Crippen molar-refractivity contribution in [1.82, 2.24) is 4.90 Å². The molecule has 1 aliphatic heterocycles. The van der Waals surface area contributed by atoms with Crippen molar-refractivity contribution in [2.24, 2.45) is 5.92 Å². The summed E-state index contributed by atoms with van der Waals surface area (Å²) in [4.78, 5) is 26.0. The predicted molar refractivity (Wildman–Crippen MR) is 115 cm³/mol. The summed E-state index contributed by atoms with van der Waals surface area (Å²) >= 11 is 3.38. The summed E-state index contributed by atoms with van der Waals surface area (Å²) in [6.07, 6.45) is 2.80. The number of likely N-dealkylation sites (tertiary alicyclic amines) is 1. The van der Waals surface area contributed by atoms with E-state index >= 15 is 0 Å². The molecular formula is C23H25BrFNO4. The normalized spacial score (nSPS) is 14.4. The first-order chi connectivity index (χ1) is 14.4. The topological polar surface area (TPSA) is 55.8 Å². The number of benzene rings is 2. The van der Waals surface area contributed by atoms with Crippen LogP contribution in [0.2, 0.25) is 0 Å². The quantitative estimate of drug-likeness (QED) is 0.561. The molecule has 0 spiro atoms. The van der Waals surface area contributed by atoms with Gasteiger partial charge in [-0.25, -0.2) is 4.39 Å². The van der Waals surface area contributed by atoms with Gasteiger partial charge in [0.1, 0.15) is 11.6 Å².